The molecule has 1 fully saturated rings. The normalized spacial score (nSPS) is 14.2. The molecular weight excluding hydrogens is 400 g/mol. The van der Waals surface area contributed by atoms with Crippen LogP contribution in [0, 0.1) is 12.8 Å². The van der Waals surface area contributed by atoms with Gasteiger partial charge in [-0.05, 0) is 48.9 Å². The average Bonchev–Trinajstić information content (AvgIpc) is 2.85. The summed E-state index contributed by atoms with van der Waals surface area (Å²) in [7, 11) is 0. The van der Waals surface area contributed by atoms with E-state index in [1.165, 1.54) is 5.56 Å². The quantitative estimate of drug-likeness (QED) is 0.590. The molecule has 0 spiro atoms. The molecule has 0 radical (unpaired) electrons. The van der Waals surface area contributed by atoms with E-state index in [4.69, 9.17) is 4.74 Å². The predicted octanol–water partition coefficient (Wildman–Crippen LogP) is 4.67. The number of nitrogens with zero attached hydrogens (tertiary/aromatic N) is 3. The van der Waals surface area contributed by atoms with Crippen LogP contribution >= 0.6 is 0 Å². The third kappa shape index (κ3) is 5.25. The van der Waals surface area contributed by atoms with Crippen LogP contribution in [0.4, 0.5) is 5.82 Å². The minimum absolute atomic E-state index is 0.0126. The van der Waals surface area contributed by atoms with Gasteiger partial charge in [-0.3, -0.25) is 4.79 Å². The second-order valence-electron chi connectivity index (χ2n) is 8.20. The fourth-order valence-corrected chi connectivity index (χ4v) is 3.96. The van der Waals surface area contributed by atoms with Crippen molar-refractivity contribution in [3.63, 3.8) is 0 Å². The van der Waals surface area contributed by atoms with Gasteiger partial charge in [-0.25, -0.2) is 9.97 Å². The van der Waals surface area contributed by atoms with Crippen LogP contribution in [-0.4, -0.2) is 29.0 Å². The summed E-state index contributed by atoms with van der Waals surface area (Å²) in [5.74, 6) is 2.14. The molecule has 2 heterocycles. The van der Waals surface area contributed by atoms with Gasteiger partial charge in [0.25, 0.3) is 5.88 Å². The van der Waals surface area contributed by atoms with Gasteiger partial charge >= 0.3 is 0 Å². The van der Waals surface area contributed by atoms with Crippen LogP contribution < -0.4 is 15.0 Å². The summed E-state index contributed by atoms with van der Waals surface area (Å²) < 4.78 is 6.08. The maximum Gasteiger partial charge on any atom is 0.263 e. The zero-order chi connectivity index (χ0) is 22.3. The van der Waals surface area contributed by atoms with Crippen molar-refractivity contribution in [2.24, 2.45) is 5.92 Å². The highest BCUT2D eigenvalue weighted by Gasteiger charge is 2.27. The van der Waals surface area contributed by atoms with E-state index in [-0.39, 0.29) is 11.8 Å². The Morgan fingerprint density at radius 3 is 2.44 bits per heavy atom. The molecule has 3 aromatic rings. The smallest absolute Gasteiger partial charge is 0.263 e. The maximum atomic E-state index is 12.7. The van der Waals surface area contributed by atoms with Gasteiger partial charge in [0.1, 0.15) is 5.75 Å². The minimum Gasteiger partial charge on any atom is -0.436 e. The molecule has 6 nitrogen and oxygen atoms in total. The first kappa shape index (κ1) is 21.8. The number of para-hydroxylation sites is 1. The number of hydrogen-bond acceptors (Lipinski definition) is 5. The molecule has 32 heavy (non-hydrogen) atoms. The van der Waals surface area contributed by atoms with E-state index in [2.05, 4.69) is 51.4 Å². The molecule has 2 aromatic carbocycles. The number of carbonyl (C=O) groups excluding carboxylic acids is 1. The first-order chi connectivity index (χ1) is 15.6. The van der Waals surface area contributed by atoms with Crippen LogP contribution in [0.5, 0.6) is 11.6 Å². The number of aryl methyl sites for hydroxylation is 2. The lowest BCUT2D eigenvalue weighted by Crippen LogP contribution is -2.40. The monoisotopic (exact) mass is 430 g/mol. The fourth-order valence-electron chi connectivity index (χ4n) is 3.96. The van der Waals surface area contributed by atoms with Crippen molar-refractivity contribution in [1.82, 2.24) is 15.3 Å². The summed E-state index contributed by atoms with van der Waals surface area (Å²) in [4.78, 5) is 23.8. The lowest BCUT2D eigenvalue weighted by Gasteiger charge is -2.32. The number of benzene rings is 2. The van der Waals surface area contributed by atoms with E-state index in [1.807, 2.05) is 31.2 Å². The zero-order valence-electron chi connectivity index (χ0n) is 18.8. The number of anilines is 1. The molecule has 166 valence electrons. The molecule has 1 amide bonds. The van der Waals surface area contributed by atoms with Gasteiger partial charge in [0, 0.05) is 37.9 Å². The Balaban J connectivity index is 1.33. The number of amides is 1. The fraction of sp³-hybridized carbons (Fsp3) is 0.346. The molecule has 1 saturated heterocycles. The molecule has 0 atom stereocenters. The van der Waals surface area contributed by atoms with Gasteiger partial charge in [0.05, 0.1) is 0 Å². The average molecular weight is 431 g/mol. The summed E-state index contributed by atoms with van der Waals surface area (Å²) in [6.07, 6.45) is 5.91. The number of piperidine rings is 1. The van der Waals surface area contributed by atoms with Crippen molar-refractivity contribution in [3.05, 3.63) is 77.6 Å². The second-order valence-corrected chi connectivity index (χ2v) is 8.20. The van der Waals surface area contributed by atoms with E-state index < -0.39 is 0 Å². The number of ether oxygens (including phenoxy) is 1. The molecule has 4 rings (SSSR count). The summed E-state index contributed by atoms with van der Waals surface area (Å²) in [6.45, 7) is 6.20. The molecule has 1 aromatic heterocycles. The van der Waals surface area contributed by atoms with Crippen molar-refractivity contribution >= 4 is 11.7 Å². The predicted molar refractivity (Wildman–Crippen MR) is 126 cm³/mol. The molecule has 1 aliphatic rings. The number of carbonyl (C=O) groups is 1. The number of rotatable bonds is 7. The SMILES string of the molecule is CCc1ccc(CNC(=O)C2CCN(c3nccnc3Oc3ccccc3C)CC2)cc1. The largest absolute Gasteiger partial charge is 0.436 e. The van der Waals surface area contributed by atoms with Crippen LogP contribution in [0.15, 0.2) is 60.9 Å². The molecule has 0 aliphatic carbocycles. The van der Waals surface area contributed by atoms with Crippen molar-refractivity contribution < 1.29 is 9.53 Å². The Hall–Kier alpha value is -3.41. The van der Waals surface area contributed by atoms with Gasteiger partial charge in [-0.15, -0.1) is 0 Å². The third-order valence-corrected chi connectivity index (χ3v) is 6.01. The highest BCUT2D eigenvalue weighted by Crippen LogP contribution is 2.32. The standard InChI is InChI=1S/C26H30N4O2/c1-3-20-8-10-21(11-9-20)18-29-25(31)22-12-16-30(17-13-22)24-26(28-15-14-27-24)32-23-7-5-4-6-19(23)2/h4-11,14-15,22H,3,12-13,16-18H2,1-2H3,(H,29,31). The van der Waals surface area contributed by atoms with Crippen molar-refractivity contribution in [2.45, 2.75) is 39.7 Å². The van der Waals surface area contributed by atoms with E-state index >= 15 is 0 Å². The molecular formula is C26H30N4O2. The van der Waals surface area contributed by atoms with E-state index in [1.54, 1.807) is 12.4 Å². The summed E-state index contributed by atoms with van der Waals surface area (Å²) in [5.41, 5.74) is 3.48. The lowest BCUT2D eigenvalue weighted by atomic mass is 9.96. The van der Waals surface area contributed by atoms with Crippen LogP contribution in [0.2, 0.25) is 0 Å². The highest BCUT2D eigenvalue weighted by molar-refractivity contribution is 5.79. The highest BCUT2D eigenvalue weighted by atomic mass is 16.5. The van der Waals surface area contributed by atoms with Crippen molar-refractivity contribution in [2.75, 3.05) is 18.0 Å². The molecule has 6 heteroatoms. The van der Waals surface area contributed by atoms with E-state index in [0.29, 0.717) is 12.4 Å². The van der Waals surface area contributed by atoms with Crippen molar-refractivity contribution in [3.8, 4) is 11.6 Å². The number of hydrogen-bond donors (Lipinski definition) is 1. The van der Waals surface area contributed by atoms with Gasteiger partial charge in [0.15, 0.2) is 5.82 Å². The third-order valence-electron chi connectivity index (χ3n) is 6.01. The van der Waals surface area contributed by atoms with E-state index in [0.717, 1.165) is 55.0 Å². The molecule has 1 N–H and O–H groups in total. The maximum absolute atomic E-state index is 12.7. The summed E-state index contributed by atoms with van der Waals surface area (Å²) in [6, 6.07) is 16.3. The van der Waals surface area contributed by atoms with Gasteiger partial charge in [-0.2, -0.15) is 0 Å². The number of nitrogens with one attached hydrogen (secondary N) is 1. The van der Waals surface area contributed by atoms with Crippen LogP contribution in [-0.2, 0) is 17.8 Å². The summed E-state index contributed by atoms with van der Waals surface area (Å²) >= 11 is 0. The van der Waals surface area contributed by atoms with E-state index in [9.17, 15) is 4.79 Å². The Labute approximate surface area is 189 Å². The molecule has 0 unspecified atom stereocenters. The zero-order valence-corrected chi connectivity index (χ0v) is 18.8. The second kappa shape index (κ2) is 10.3. The minimum atomic E-state index is 0.0126. The number of aromatic nitrogens is 2. The van der Waals surface area contributed by atoms with Gasteiger partial charge in [0.2, 0.25) is 5.91 Å². The van der Waals surface area contributed by atoms with Crippen molar-refractivity contribution in [1.29, 1.82) is 0 Å². The topological polar surface area (TPSA) is 67.4 Å². The van der Waals surface area contributed by atoms with Crippen LogP contribution in [0.3, 0.4) is 0 Å². The first-order valence-electron chi connectivity index (χ1n) is 11.3. The Kier molecular flexibility index (Phi) is 7.00. The Bertz CT molecular complexity index is 1040. The molecule has 0 bridgehead atoms. The summed E-state index contributed by atoms with van der Waals surface area (Å²) in [5, 5.41) is 3.10. The lowest BCUT2D eigenvalue weighted by molar-refractivity contribution is -0.125. The van der Waals surface area contributed by atoms with Crippen LogP contribution in [0.1, 0.15) is 36.5 Å². The van der Waals surface area contributed by atoms with Gasteiger partial charge < -0.3 is 15.0 Å². The Morgan fingerprint density at radius 2 is 1.72 bits per heavy atom. The van der Waals surface area contributed by atoms with Gasteiger partial charge in [-0.1, -0.05) is 49.4 Å². The Morgan fingerprint density at radius 1 is 1.03 bits per heavy atom. The molecule has 0 saturated carbocycles. The van der Waals surface area contributed by atoms with Crippen LogP contribution in [0.25, 0.3) is 0 Å². The molecule has 1 aliphatic heterocycles. The first-order valence-corrected chi connectivity index (χ1v) is 11.3.